The molecule has 37 heavy (non-hydrogen) atoms. The fourth-order valence-corrected chi connectivity index (χ4v) is 14.4. The van der Waals surface area contributed by atoms with E-state index in [1.165, 1.54) is 20.6 Å². The minimum atomic E-state index is -1.99. The third-order valence-electron chi connectivity index (χ3n) is 7.41. The topological polar surface area (TPSA) is 12.0 Å². The van der Waals surface area contributed by atoms with Crippen LogP contribution in [0.2, 0.25) is 9.45 Å². The molecule has 0 atom stereocenters. The van der Waals surface area contributed by atoms with Gasteiger partial charge in [-0.1, -0.05) is 73.8 Å². The van der Waals surface area contributed by atoms with Crippen molar-refractivity contribution < 1.29 is 16.8 Å². The second kappa shape index (κ2) is 10.4. The Morgan fingerprint density at radius 3 is 1.38 bits per heavy atom. The Balaban J connectivity index is 0.000000158. The quantitative estimate of drug-likeness (QED) is 0.205. The molecule has 2 aliphatic rings. The molecule has 4 aromatic rings. The predicted molar refractivity (Wildman–Crippen MR) is 157 cm³/mol. The standard InChI is InChI=1S/C16H14.C13H9.C4H10N.C2H4.Ti/c1-13(15-9-5-3-6-10-15)14(2)16-11-7-4-8-12-16;1-3-7-12-10(5-1)9-11-6-2-4-8-13(11)12;1-4(2,3)5;1-2;/h3-12H,1-2H2;1-9H;5H,1-3H3;1-2H2;/q;;-1;;+1. The molecule has 2 heteroatoms. The van der Waals surface area contributed by atoms with Crippen LogP contribution in [0.1, 0.15) is 47.2 Å². The molecule has 1 aliphatic heterocycles. The summed E-state index contributed by atoms with van der Waals surface area (Å²) in [6, 6.07) is 38.4. The summed E-state index contributed by atoms with van der Waals surface area (Å²) in [4.78, 5) is 0. The first kappa shape index (κ1) is 25.7. The van der Waals surface area contributed by atoms with E-state index in [2.05, 4.69) is 111 Å². The van der Waals surface area contributed by atoms with Crippen molar-refractivity contribution >= 4 is 11.1 Å². The van der Waals surface area contributed by atoms with Gasteiger partial charge in [0.05, 0.1) is 0 Å². The van der Waals surface area contributed by atoms with Crippen LogP contribution in [-0.4, -0.2) is 5.54 Å². The first-order chi connectivity index (χ1) is 17.8. The van der Waals surface area contributed by atoms with Gasteiger partial charge < -0.3 is 0 Å². The normalized spacial score (nSPS) is 15.1. The van der Waals surface area contributed by atoms with Gasteiger partial charge in [-0.25, -0.2) is 0 Å². The molecule has 1 nitrogen and oxygen atoms in total. The Morgan fingerprint density at radius 1 is 0.622 bits per heavy atom. The number of hydrogen-bond donors (Lipinski definition) is 1. The average Bonchev–Trinajstić information content (AvgIpc) is 3.59. The van der Waals surface area contributed by atoms with Crippen molar-refractivity contribution in [3.05, 3.63) is 145 Å². The molecule has 1 aliphatic carbocycles. The van der Waals surface area contributed by atoms with E-state index in [0.29, 0.717) is 4.22 Å². The van der Waals surface area contributed by atoms with Crippen molar-refractivity contribution in [1.82, 2.24) is 3.80 Å². The first-order valence-electron chi connectivity index (χ1n) is 13.3. The maximum absolute atomic E-state index is 4.12. The van der Waals surface area contributed by atoms with Crippen molar-refractivity contribution in [2.75, 3.05) is 0 Å². The molecule has 1 heterocycles. The van der Waals surface area contributed by atoms with E-state index < -0.39 is 16.8 Å². The summed E-state index contributed by atoms with van der Waals surface area (Å²) in [5.41, 5.74) is 10.6. The molecule has 0 radical (unpaired) electrons. The van der Waals surface area contributed by atoms with Crippen LogP contribution in [0.15, 0.2) is 122 Å². The van der Waals surface area contributed by atoms with Crippen molar-refractivity contribution in [1.29, 1.82) is 0 Å². The van der Waals surface area contributed by atoms with Crippen LogP contribution in [0.4, 0.5) is 0 Å². The van der Waals surface area contributed by atoms with Crippen LogP contribution in [0.25, 0.3) is 22.3 Å². The third-order valence-corrected chi connectivity index (χ3v) is 14.5. The average molecular weight is 520 g/mol. The molecule has 186 valence electrons. The molecule has 4 aromatic carbocycles. The van der Waals surface area contributed by atoms with E-state index in [0.717, 1.165) is 22.3 Å². The van der Waals surface area contributed by atoms with E-state index in [9.17, 15) is 0 Å². The molecule has 1 fully saturated rings. The van der Waals surface area contributed by atoms with Crippen LogP contribution in [0.5, 0.6) is 0 Å². The second-order valence-corrected chi connectivity index (χ2v) is 17.8. The second-order valence-electron chi connectivity index (χ2n) is 11.3. The summed E-state index contributed by atoms with van der Waals surface area (Å²) >= 11 is -1.99. The molecular formula is C35H37NTi. The third kappa shape index (κ3) is 5.50. The van der Waals surface area contributed by atoms with E-state index >= 15 is 0 Å². The first-order valence-corrected chi connectivity index (χ1v) is 17.1. The fraction of sp³-hybridized carbons (Fsp3) is 0.200. The van der Waals surface area contributed by atoms with E-state index in [-0.39, 0.29) is 5.54 Å². The Morgan fingerprint density at radius 2 is 1.00 bits per heavy atom. The summed E-state index contributed by atoms with van der Waals surface area (Å²) in [6.07, 6.45) is 0. The van der Waals surface area contributed by atoms with Crippen LogP contribution < -0.4 is 3.80 Å². The number of hydrogen-bond acceptors (Lipinski definition) is 1. The summed E-state index contributed by atoms with van der Waals surface area (Å²) in [7, 11) is 0. The Bertz CT molecular complexity index is 1310. The maximum atomic E-state index is 4.12. The van der Waals surface area contributed by atoms with Gasteiger partial charge in [-0.15, -0.1) is 0 Å². The van der Waals surface area contributed by atoms with Gasteiger partial charge in [0.25, 0.3) is 0 Å². The number of fused-ring (bicyclic) bond motifs is 3. The molecule has 0 saturated carbocycles. The van der Waals surface area contributed by atoms with Gasteiger partial charge in [0.15, 0.2) is 0 Å². The molecular weight excluding hydrogens is 482 g/mol. The van der Waals surface area contributed by atoms with Gasteiger partial charge in [0.1, 0.15) is 0 Å². The van der Waals surface area contributed by atoms with E-state index in [4.69, 9.17) is 0 Å². The van der Waals surface area contributed by atoms with Crippen LogP contribution in [-0.2, 0) is 16.8 Å². The SMILES string of the molecule is C=C(C(=C)c1ccccc1)c1ccccc1.CC(C)(C)[NH][Ti]1([CH]2c3ccccc3-c3ccccc32)[CH2][CH2]1. The fourth-order valence-electron chi connectivity index (χ4n) is 5.75. The Hall–Kier alpha value is -2.97. The molecule has 1 saturated heterocycles. The van der Waals surface area contributed by atoms with E-state index in [1.807, 2.05) is 36.4 Å². The molecule has 0 spiro atoms. The summed E-state index contributed by atoms with van der Waals surface area (Å²) in [5, 5.41) is 0. The van der Waals surface area contributed by atoms with Crippen LogP contribution in [0.3, 0.4) is 0 Å². The molecule has 1 N–H and O–H groups in total. The van der Waals surface area contributed by atoms with Gasteiger partial charge in [-0.3, -0.25) is 0 Å². The zero-order valence-electron chi connectivity index (χ0n) is 22.3. The Labute approximate surface area is 226 Å². The van der Waals surface area contributed by atoms with Gasteiger partial charge in [0, 0.05) is 0 Å². The van der Waals surface area contributed by atoms with Gasteiger partial charge in [-0.2, -0.15) is 0 Å². The Kier molecular flexibility index (Phi) is 7.23. The number of benzene rings is 4. The minimum absolute atomic E-state index is 0.239. The van der Waals surface area contributed by atoms with Crippen molar-refractivity contribution in [3.8, 4) is 11.1 Å². The molecule has 0 bridgehead atoms. The monoisotopic (exact) mass is 519 g/mol. The summed E-state index contributed by atoms with van der Waals surface area (Å²) in [6.45, 7) is 15.2. The number of rotatable bonds is 5. The molecule has 6 rings (SSSR count). The summed E-state index contributed by atoms with van der Waals surface area (Å²) in [5.74, 6) is 0. The van der Waals surface area contributed by atoms with E-state index in [1.54, 1.807) is 11.1 Å². The van der Waals surface area contributed by atoms with Gasteiger partial charge in [0.2, 0.25) is 0 Å². The molecule has 0 amide bonds. The molecule has 0 aromatic heterocycles. The number of nitrogens with one attached hydrogen (secondary N) is 1. The van der Waals surface area contributed by atoms with Crippen molar-refractivity contribution in [3.63, 3.8) is 0 Å². The predicted octanol–water partition coefficient (Wildman–Crippen LogP) is 9.48. The number of allylic oxidation sites excluding steroid dienone is 2. The zero-order chi connectivity index (χ0) is 26.0. The van der Waals surface area contributed by atoms with Crippen LogP contribution in [0, 0.1) is 0 Å². The summed E-state index contributed by atoms with van der Waals surface area (Å²) < 4.78 is 7.73. The van der Waals surface area contributed by atoms with Crippen LogP contribution >= 0.6 is 0 Å². The van der Waals surface area contributed by atoms with Crippen molar-refractivity contribution in [2.45, 2.75) is 40.0 Å². The van der Waals surface area contributed by atoms with Gasteiger partial charge >= 0.3 is 131 Å². The zero-order valence-corrected chi connectivity index (χ0v) is 23.9. The van der Waals surface area contributed by atoms with Gasteiger partial charge in [-0.05, 0) is 22.3 Å². The van der Waals surface area contributed by atoms with Crippen molar-refractivity contribution in [2.24, 2.45) is 0 Å². The molecule has 0 unspecified atom stereocenters.